The van der Waals surface area contributed by atoms with Crippen LogP contribution in [0.25, 0.3) is 11.3 Å². The summed E-state index contributed by atoms with van der Waals surface area (Å²) in [7, 11) is 0. The Morgan fingerprint density at radius 2 is 1.71 bits per heavy atom. The van der Waals surface area contributed by atoms with Gasteiger partial charge in [0.2, 0.25) is 0 Å². The summed E-state index contributed by atoms with van der Waals surface area (Å²) in [5.74, 6) is 0.233. The Hall–Kier alpha value is -3.40. The van der Waals surface area contributed by atoms with Crippen LogP contribution in [0, 0.1) is 0 Å². The zero-order valence-electron chi connectivity index (χ0n) is 21.1. The van der Waals surface area contributed by atoms with Crippen LogP contribution in [0.2, 0.25) is 15.1 Å². The van der Waals surface area contributed by atoms with E-state index in [1.165, 1.54) is 17.6 Å². The number of hydrogen-bond acceptors (Lipinski definition) is 6. The molecule has 0 saturated carbocycles. The quantitative estimate of drug-likeness (QED) is 0.120. The van der Waals surface area contributed by atoms with Gasteiger partial charge in [0.25, 0.3) is 5.91 Å². The van der Waals surface area contributed by atoms with E-state index in [2.05, 4.69) is 36.8 Å². The van der Waals surface area contributed by atoms with Gasteiger partial charge in [0.1, 0.15) is 12.4 Å². The third-order valence-corrected chi connectivity index (χ3v) is 7.87. The lowest BCUT2D eigenvalue weighted by Gasteiger charge is -2.11. The smallest absolute Gasteiger partial charge is 0.271 e. The third kappa shape index (κ3) is 7.87. The summed E-state index contributed by atoms with van der Waals surface area (Å²) in [6, 6.07) is 25.3. The Morgan fingerprint density at radius 3 is 2.46 bits per heavy atom. The van der Waals surface area contributed by atoms with E-state index in [1.54, 1.807) is 24.3 Å². The van der Waals surface area contributed by atoms with E-state index in [0.717, 1.165) is 32.1 Å². The first-order valence-electron chi connectivity index (χ1n) is 12.1. The van der Waals surface area contributed by atoms with Crippen molar-refractivity contribution in [3.63, 3.8) is 0 Å². The normalized spacial score (nSPS) is 11.0. The summed E-state index contributed by atoms with van der Waals surface area (Å²) in [5, 5.41) is 11.9. The minimum Gasteiger partial charge on any atom is -0.488 e. The van der Waals surface area contributed by atoms with Gasteiger partial charge in [-0.25, -0.2) is 10.4 Å². The van der Waals surface area contributed by atoms with Crippen LogP contribution in [-0.4, -0.2) is 17.1 Å². The average Bonchev–Trinajstić information content (AvgIpc) is 3.43. The van der Waals surface area contributed by atoms with E-state index in [4.69, 9.17) is 39.5 Å². The lowest BCUT2D eigenvalue weighted by molar-refractivity contribution is 0.0955. The highest BCUT2D eigenvalue weighted by Gasteiger charge is 2.10. The van der Waals surface area contributed by atoms with Crippen LogP contribution in [0.4, 0.5) is 10.8 Å². The maximum Gasteiger partial charge on any atom is 0.271 e. The highest BCUT2D eigenvalue weighted by Crippen LogP contribution is 2.28. The molecular weight excluding hydrogens is 667 g/mol. The molecule has 5 rings (SSSR count). The van der Waals surface area contributed by atoms with Crippen LogP contribution >= 0.6 is 62.1 Å². The molecule has 4 aromatic carbocycles. The number of amides is 1. The number of ether oxygens (including phenoxy) is 1. The molecule has 2 N–H and O–H groups in total. The molecule has 0 radical (unpaired) electrons. The number of hydrazone groups is 1. The molecule has 0 fully saturated rings. The molecule has 11 heteroatoms. The second-order valence-electron chi connectivity index (χ2n) is 8.65. The number of carbonyl (C=O) groups excluding carboxylic acids is 1. The summed E-state index contributed by atoms with van der Waals surface area (Å²) in [4.78, 5) is 17.4. The number of thiazole rings is 1. The summed E-state index contributed by atoms with van der Waals surface area (Å²) in [5.41, 5.74) is 7.09. The zero-order chi connectivity index (χ0) is 28.8. The van der Waals surface area contributed by atoms with Gasteiger partial charge in [-0.3, -0.25) is 4.79 Å². The summed E-state index contributed by atoms with van der Waals surface area (Å²) in [6.45, 7) is 0.245. The van der Waals surface area contributed by atoms with Gasteiger partial charge in [-0.15, -0.1) is 11.3 Å². The highest BCUT2D eigenvalue weighted by atomic mass is 79.9. The Balaban J connectivity index is 1.20. The van der Waals surface area contributed by atoms with Crippen molar-refractivity contribution in [3.8, 4) is 17.0 Å². The van der Waals surface area contributed by atoms with Gasteiger partial charge in [0.05, 0.1) is 11.9 Å². The van der Waals surface area contributed by atoms with Crippen molar-refractivity contribution in [3.05, 3.63) is 127 Å². The molecule has 0 saturated heterocycles. The molecule has 1 heterocycles. The van der Waals surface area contributed by atoms with E-state index in [0.29, 0.717) is 31.9 Å². The van der Waals surface area contributed by atoms with Gasteiger partial charge in [0, 0.05) is 52.9 Å². The summed E-state index contributed by atoms with van der Waals surface area (Å²) < 4.78 is 6.81. The van der Waals surface area contributed by atoms with Gasteiger partial charge < -0.3 is 10.1 Å². The van der Waals surface area contributed by atoms with Crippen LogP contribution < -0.4 is 15.5 Å². The van der Waals surface area contributed by atoms with Crippen LogP contribution in [0.5, 0.6) is 5.75 Å². The van der Waals surface area contributed by atoms with Crippen molar-refractivity contribution in [1.82, 2.24) is 10.4 Å². The Labute approximate surface area is 264 Å². The molecule has 0 spiro atoms. The molecular formula is C30H20BrCl3N4O2S. The minimum absolute atomic E-state index is 0.245. The molecule has 5 aromatic rings. The number of rotatable bonds is 9. The number of aromatic nitrogens is 1. The Morgan fingerprint density at radius 1 is 0.951 bits per heavy atom. The third-order valence-electron chi connectivity index (χ3n) is 5.78. The second-order valence-corrected chi connectivity index (χ2v) is 11.7. The minimum atomic E-state index is -0.346. The van der Waals surface area contributed by atoms with Gasteiger partial charge in [-0.2, -0.15) is 5.10 Å². The number of nitrogens with one attached hydrogen (secondary N) is 2. The van der Waals surface area contributed by atoms with Crippen molar-refractivity contribution in [1.29, 1.82) is 0 Å². The number of nitrogens with zero attached hydrogens (tertiary/aromatic N) is 2. The van der Waals surface area contributed by atoms with Gasteiger partial charge >= 0.3 is 0 Å². The van der Waals surface area contributed by atoms with Crippen molar-refractivity contribution in [2.45, 2.75) is 6.61 Å². The van der Waals surface area contributed by atoms with Crippen LogP contribution in [0.3, 0.4) is 0 Å². The fraction of sp³-hybridized carbons (Fsp3) is 0.0333. The van der Waals surface area contributed by atoms with E-state index in [1.807, 2.05) is 66.0 Å². The van der Waals surface area contributed by atoms with Crippen LogP contribution in [0.15, 0.2) is 99.9 Å². The van der Waals surface area contributed by atoms with E-state index in [-0.39, 0.29) is 12.5 Å². The molecule has 206 valence electrons. The number of anilines is 2. The molecule has 41 heavy (non-hydrogen) atoms. The van der Waals surface area contributed by atoms with Crippen molar-refractivity contribution in [2.24, 2.45) is 5.10 Å². The predicted molar refractivity (Wildman–Crippen MR) is 172 cm³/mol. The van der Waals surface area contributed by atoms with E-state index in [9.17, 15) is 4.79 Å². The predicted octanol–water partition coefficient (Wildman–Crippen LogP) is 9.62. The molecule has 0 unspecified atom stereocenters. The van der Waals surface area contributed by atoms with Crippen LogP contribution in [0.1, 0.15) is 21.5 Å². The van der Waals surface area contributed by atoms with Gasteiger partial charge in [-0.1, -0.05) is 68.9 Å². The first-order chi connectivity index (χ1) is 19.8. The van der Waals surface area contributed by atoms with Crippen LogP contribution in [-0.2, 0) is 6.61 Å². The summed E-state index contributed by atoms with van der Waals surface area (Å²) in [6.07, 6.45) is 1.53. The number of hydrogen-bond donors (Lipinski definition) is 2. The SMILES string of the molecule is O=C(N/N=C\c1cc(Br)ccc1OCc1ccc(Cl)cc1Cl)c1ccc(-c2csc(Nc3ccc(Cl)cc3)n2)cc1. The topological polar surface area (TPSA) is 75.6 Å². The lowest BCUT2D eigenvalue weighted by atomic mass is 10.1. The molecule has 0 aliphatic heterocycles. The second kappa shape index (κ2) is 13.5. The van der Waals surface area contributed by atoms with Crippen molar-refractivity contribution in [2.75, 3.05) is 5.32 Å². The number of carbonyl (C=O) groups is 1. The maximum absolute atomic E-state index is 12.7. The number of halogens is 4. The Kier molecular flexibility index (Phi) is 9.59. The van der Waals surface area contributed by atoms with E-state index < -0.39 is 0 Å². The molecule has 0 atom stereocenters. The Bertz CT molecular complexity index is 1710. The average molecular weight is 687 g/mol. The largest absolute Gasteiger partial charge is 0.488 e. The monoisotopic (exact) mass is 684 g/mol. The van der Waals surface area contributed by atoms with Gasteiger partial charge in [-0.05, 0) is 66.7 Å². The fourth-order valence-corrected chi connectivity index (χ4v) is 5.39. The standard InChI is InChI=1S/C30H20BrCl3N4O2S/c31-22-6-12-28(40-16-20-5-7-24(33)14-26(20)34)21(13-22)15-35-38-29(39)19-3-1-18(2-4-19)27-17-41-30(37-27)36-25-10-8-23(32)9-11-25/h1-15,17H,16H2,(H,36,37)(H,38,39)/b35-15-. The van der Waals surface area contributed by atoms with Crippen molar-refractivity contribution >= 4 is 85.0 Å². The molecule has 1 amide bonds. The first kappa shape index (κ1) is 29.1. The maximum atomic E-state index is 12.7. The molecule has 0 aliphatic rings. The lowest BCUT2D eigenvalue weighted by Crippen LogP contribution is -2.17. The zero-order valence-corrected chi connectivity index (χ0v) is 25.7. The number of benzene rings is 4. The fourth-order valence-electron chi connectivity index (χ4n) is 3.68. The molecule has 0 bridgehead atoms. The van der Waals surface area contributed by atoms with Gasteiger partial charge in [0.15, 0.2) is 5.13 Å². The molecule has 1 aromatic heterocycles. The molecule has 0 aliphatic carbocycles. The first-order valence-corrected chi connectivity index (χ1v) is 14.9. The summed E-state index contributed by atoms with van der Waals surface area (Å²) >= 11 is 23.1. The molecule has 6 nitrogen and oxygen atoms in total. The van der Waals surface area contributed by atoms with Crippen molar-refractivity contribution < 1.29 is 9.53 Å². The van der Waals surface area contributed by atoms with E-state index >= 15 is 0 Å². The highest BCUT2D eigenvalue weighted by molar-refractivity contribution is 9.10.